The van der Waals surface area contributed by atoms with Crippen LogP contribution in [0.15, 0.2) is 0 Å². The monoisotopic (exact) mass is 183 g/mol. The highest BCUT2D eigenvalue weighted by Crippen LogP contribution is 2.12. The van der Waals surface area contributed by atoms with Crippen LogP contribution >= 0.6 is 0 Å². The summed E-state index contributed by atoms with van der Waals surface area (Å²) in [6.45, 7) is 3.75. The average Bonchev–Trinajstić information content (AvgIpc) is 2.16. The van der Waals surface area contributed by atoms with Crippen molar-refractivity contribution >= 4 is 5.91 Å². The maximum absolute atomic E-state index is 11.6. The number of fused-ring (bicyclic) bond motifs is 3. The number of carbonyl (C=O) groups is 1. The number of carbonyl (C=O) groups excluding carboxylic acids is 1. The smallest absolute Gasteiger partial charge is 0.226 e. The van der Waals surface area contributed by atoms with Gasteiger partial charge in [-0.05, 0) is 14.1 Å². The first-order chi connectivity index (χ1) is 6.15. The number of hydrogen-bond acceptors (Lipinski definition) is 3. The van der Waals surface area contributed by atoms with Gasteiger partial charge in [0.25, 0.3) is 0 Å². The largest absolute Gasteiger partial charge is 0.350 e. The molecule has 4 nitrogen and oxygen atoms in total. The van der Waals surface area contributed by atoms with Gasteiger partial charge in [-0.15, -0.1) is 0 Å². The van der Waals surface area contributed by atoms with E-state index in [-0.39, 0.29) is 11.8 Å². The van der Waals surface area contributed by atoms with E-state index < -0.39 is 0 Å². The van der Waals surface area contributed by atoms with Gasteiger partial charge in [0.1, 0.15) is 0 Å². The lowest BCUT2D eigenvalue weighted by Crippen LogP contribution is -2.44. The van der Waals surface area contributed by atoms with E-state index in [1.165, 1.54) is 0 Å². The molecule has 2 fully saturated rings. The van der Waals surface area contributed by atoms with Gasteiger partial charge in [0.15, 0.2) is 0 Å². The van der Waals surface area contributed by atoms with Gasteiger partial charge in [-0.3, -0.25) is 4.79 Å². The van der Waals surface area contributed by atoms with E-state index in [2.05, 4.69) is 29.2 Å². The number of nitrogens with one attached hydrogen (secondary N) is 1. The molecular weight excluding hydrogens is 166 g/mol. The lowest BCUT2D eigenvalue weighted by atomic mass is 10.1. The highest BCUT2D eigenvalue weighted by atomic mass is 16.2. The topological polar surface area (TPSA) is 35.6 Å². The molecule has 0 spiro atoms. The number of amides is 1. The molecule has 1 amide bonds. The van der Waals surface area contributed by atoms with Crippen LogP contribution in [-0.4, -0.2) is 62.0 Å². The second-order valence-electron chi connectivity index (χ2n) is 4.34. The van der Waals surface area contributed by atoms with E-state index in [0.717, 1.165) is 26.2 Å². The van der Waals surface area contributed by atoms with Crippen molar-refractivity contribution in [2.75, 3.05) is 40.3 Å². The number of rotatable bonds is 0. The fraction of sp³-hybridized carbons (Fsp3) is 0.889. The first kappa shape index (κ1) is 8.97. The Morgan fingerprint density at radius 2 is 1.69 bits per heavy atom. The molecule has 2 saturated heterocycles. The first-order valence-corrected chi connectivity index (χ1v) is 4.82. The fourth-order valence-corrected chi connectivity index (χ4v) is 2.35. The minimum atomic E-state index is 0.155. The molecule has 0 unspecified atom stereocenters. The molecule has 2 heterocycles. The molecule has 0 aromatic heterocycles. The molecular formula is C9H17N3O. The highest BCUT2D eigenvalue weighted by Gasteiger charge is 2.32. The third-order valence-corrected chi connectivity index (χ3v) is 2.85. The zero-order chi connectivity index (χ0) is 9.42. The summed E-state index contributed by atoms with van der Waals surface area (Å²) in [5.74, 6) is 0.390. The summed E-state index contributed by atoms with van der Waals surface area (Å²) in [5, 5.41) is 3.08. The Morgan fingerprint density at radius 3 is 2.23 bits per heavy atom. The van der Waals surface area contributed by atoms with E-state index in [4.69, 9.17) is 0 Å². The maximum atomic E-state index is 11.6. The van der Waals surface area contributed by atoms with E-state index in [9.17, 15) is 4.79 Å². The molecule has 0 saturated carbocycles. The van der Waals surface area contributed by atoms with E-state index in [1.807, 2.05) is 0 Å². The van der Waals surface area contributed by atoms with Crippen LogP contribution in [0.5, 0.6) is 0 Å². The summed E-state index contributed by atoms with van der Waals surface area (Å²) in [5.41, 5.74) is 0. The molecule has 2 aliphatic rings. The number of hydrogen-bond donors (Lipinski definition) is 1. The zero-order valence-electron chi connectivity index (χ0n) is 8.29. The molecule has 1 N–H and O–H groups in total. The molecule has 0 radical (unpaired) electrons. The van der Waals surface area contributed by atoms with Crippen molar-refractivity contribution in [3.8, 4) is 0 Å². The summed E-state index contributed by atoms with van der Waals surface area (Å²) < 4.78 is 0. The maximum Gasteiger partial charge on any atom is 0.226 e. The minimum absolute atomic E-state index is 0.155. The van der Waals surface area contributed by atoms with Gasteiger partial charge in [0, 0.05) is 26.2 Å². The number of nitrogens with zero attached hydrogens (tertiary/aromatic N) is 2. The van der Waals surface area contributed by atoms with Crippen molar-refractivity contribution in [3.63, 3.8) is 0 Å². The van der Waals surface area contributed by atoms with E-state index in [0.29, 0.717) is 6.04 Å². The van der Waals surface area contributed by atoms with Gasteiger partial charge in [-0.25, -0.2) is 0 Å². The summed E-state index contributed by atoms with van der Waals surface area (Å²) in [4.78, 5) is 16.1. The normalized spacial score (nSPS) is 36.9. The Balaban J connectivity index is 2.18. The summed E-state index contributed by atoms with van der Waals surface area (Å²) in [6, 6.07) is 0.315. The van der Waals surface area contributed by atoms with Gasteiger partial charge in [-0.1, -0.05) is 0 Å². The second kappa shape index (κ2) is 3.27. The third-order valence-electron chi connectivity index (χ3n) is 2.85. The van der Waals surface area contributed by atoms with Crippen molar-refractivity contribution < 1.29 is 4.79 Å². The van der Waals surface area contributed by atoms with E-state index in [1.54, 1.807) is 0 Å². The van der Waals surface area contributed by atoms with Gasteiger partial charge >= 0.3 is 0 Å². The van der Waals surface area contributed by atoms with Gasteiger partial charge < -0.3 is 15.1 Å². The molecule has 74 valence electrons. The molecule has 4 heteroatoms. The Kier molecular flexibility index (Phi) is 2.26. The SMILES string of the molecule is CN1CC2CN(C)CC(C1)C(=O)N2. The summed E-state index contributed by atoms with van der Waals surface area (Å²) >= 11 is 0. The van der Waals surface area contributed by atoms with Crippen LogP contribution in [0, 0.1) is 5.92 Å². The molecule has 2 rings (SSSR count). The van der Waals surface area contributed by atoms with Crippen molar-refractivity contribution in [1.29, 1.82) is 0 Å². The van der Waals surface area contributed by atoms with Gasteiger partial charge in [-0.2, -0.15) is 0 Å². The Hall–Kier alpha value is -0.610. The van der Waals surface area contributed by atoms with Crippen molar-refractivity contribution in [3.05, 3.63) is 0 Å². The van der Waals surface area contributed by atoms with Crippen molar-refractivity contribution in [2.45, 2.75) is 6.04 Å². The molecule has 0 atom stereocenters. The molecule has 0 aliphatic carbocycles. The minimum Gasteiger partial charge on any atom is -0.350 e. The molecule has 0 aromatic rings. The molecule has 2 bridgehead atoms. The predicted molar refractivity (Wildman–Crippen MR) is 50.4 cm³/mol. The standard InChI is InChI=1S/C9H17N3O/c1-11-3-7-4-12(2)6-8(5-11)10-9(7)13/h7-8H,3-6H2,1-2H3,(H,10,13). The van der Waals surface area contributed by atoms with Gasteiger partial charge in [0.2, 0.25) is 5.91 Å². The average molecular weight is 183 g/mol. The van der Waals surface area contributed by atoms with Crippen molar-refractivity contribution in [2.24, 2.45) is 5.92 Å². The van der Waals surface area contributed by atoms with Gasteiger partial charge in [0.05, 0.1) is 12.0 Å². The summed E-state index contributed by atoms with van der Waals surface area (Å²) in [6.07, 6.45) is 0. The van der Waals surface area contributed by atoms with Crippen LogP contribution in [-0.2, 0) is 4.79 Å². The summed E-state index contributed by atoms with van der Waals surface area (Å²) in [7, 11) is 4.18. The lowest BCUT2D eigenvalue weighted by Gasteiger charge is -2.28. The lowest BCUT2D eigenvalue weighted by molar-refractivity contribution is -0.124. The highest BCUT2D eigenvalue weighted by molar-refractivity contribution is 5.80. The quantitative estimate of drug-likeness (QED) is 0.522. The second-order valence-corrected chi connectivity index (χ2v) is 4.34. The fourth-order valence-electron chi connectivity index (χ4n) is 2.35. The van der Waals surface area contributed by atoms with Crippen LogP contribution in [0.1, 0.15) is 0 Å². The van der Waals surface area contributed by atoms with E-state index >= 15 is 0 Å². The third kappa shape index (κ3) is 1.84. The van der Waals surface area contributed by atoms with Crippen LogP contribution in [0.25, 0.3) is 0 Å². The zero-order valence-corrected chi connectivity index (χ0v) is 8.29. The van der Waals surface area contributed by atoms with Crippen LogP contribution in [0.3, 0.4) is 0 Å². The molecule has 2 aliphatic heterocycles. The molecule has 0 aromatic carbocycles. The number of likely N-dealkylation sites (N-methyl/N-ethyl adjacent to an activating group) is 2. The van der Waals surface area contributed by atoms with Crippen LogP contribution in [0.2, 0.25) is 0 Å². The Morgan fingerprint density at radius 1 is 1.15 bits per heavy atom. The predicted octanol–water partition coefficient (Wildman–Crippen LogP) is -1.02. The van der Waals surface area contributed by atoms with Crippen molar-refractivity contribution in [1.82, 2.24) is 15.1 Å². The first-order valence-electron chi connectivity index (χ1n) is 4.82. The van der Waals surface area contributed by atoms with Crippen LogP contribution in [0.4, 0.5) is 0 Å². The van der Waals surface area contributed by atoms with Crippen LogP contribution < -0.4 is 5.32 Å². The Labute approximate surface area is 78.9 Å². The molecule has 13 heavy (non-hydrogen) atoms. The Bertz CT molecular complexity index is 205.